The normalized spacial score (nSPS) is 19.2. The van der Waals surface area contributed by atoms with Gasteiger partial charge in [-0.05, 0) is 37.0 Å². The van der Waals surface area contributed by atoms with Crippen molar-refractivity contribution in [2.45, 2.75) is 31.2 Å². The Labute approximate surface area is 103 Å². The van der Waals surface area contributed by atoms with Crippen molar-refractivity contribution in [3.8, 4) is 0 Å². The summed E-state index contributed by atoms with van der Waals surface area (Å²) in [6, 6.07) is 5.07. The molecule has 2 rings (SSSR count). The van der Waals surface area contributed by atoms with Gasteiger partial charge < -0.3 is 10.8 Å². The van der Waals surface area contributed by atoms with Crippen molar-refractivity contribution < 1.29 is 9.90 Å². The molecular weight excluding hydrogens is 270 g/mol. The molecule has 16 heavy (non-hydrogen) atoms. The van der Waals surface area contributed by atoms with Crippen LogP contribution >= 0.6 is 15.9 Å². The molecule has 0 spiro atoms. The predicted molar refractivity (Wildman–Crippen MR) is 65.4 cm³/mol. The van der Waals surface area contributed by atoms with Crippen LogP contribution in [0.3, 0.4) is 0 Å². The largest absolute Gasteiger partial charge is 0.480 e. The lowest BCUT2D eigenvalue weighted by atomic mass is 9.86. The molecule has 1 saturated carbocycles. The molecule has 0 amide bonds. The molecular formula is C12H14BrNO2. The van der Waals surface area contributed by atoms with Crippen LogP contribution in [0.15, 0.2) is 22.7 Å². The lowest BCUT2D eigenvalue weighted by molar-refractivity contribution is -0.139. The van der Waals surface area contributed by atoms with Crippen LogP contribution < -0.4 is 5.73 Å². The van der Waals surface area contributed by atoms with E-state index in [-0.39, 0.29) is 5.41 Å². The van der Waals surface area contributed by atoms with Gasteiger partial charge in [-0.3, -0.25) is 4.79 Å². The monoisotopic (exact) mass is 283 g/mol. The second-order valence-electron chi connectivity index (χ2n) is 4.38. The summed E-state index contributed by atoms with van der Waals surface area (Å²) >= 11 is 3.46. The molecule has 0 radical (unpaired) electrons. The molecule has 0 aromatic heterocycles. The Morgan fingerprint density at radius 3 is 2.69 bits per heavy atom. The van der Waals surface area contributed by atoms with Gasteiger partial charge >= 0.3 is 5.97 Å². The number of halogens is 1. The van der Waals surface area contributed by atoms with E-state index in [4.69, 9.17) is 10.8 Å². The minimum Gasteiger partial charge on any atom is -0.480 e. The molecule has 1 aliphatic carbocycles. The molecule has 0 saturated heterocycles. The second-order valence-corrected chi connectivity index (χ2v) is 5.24. The minimum atomic E-state index is -0.920. The van der Waals surface area contributed by atoms with Crippen molar-refractivity contribution in [2.75, 3.05) is 0 Å². The Bertz CT molecular complexity index is 441. The van der Waals surface area contributed by atoms with Crippen LogP contribution in [0.4, 0.5) is 0 Å². The summed E-state index contributed by atoms with van der Waals surface area (Å²) in [6.07, 6.45) is 1.72. The van der Waals surface area contributed by atoms with Gasteiger partial charge in [-0.1, -0.05) is 28.1 Å². The fraction of sp³-hybridized carbons (Fsp3) is 0.417. The molecule has 0 aliphatic heterocycles. The maximum Gasteiger partial charge on any atom is 0.321 e. The first kappa shape index (κ1) is 11.6. The average Bonchev–Trinajstić information content (AvgIpc) is 3.02. The third-order valence-electron chi connectivity index (χ3n) is 3.45. The van der Waals surface area contributed by atoms with Crippen LogP contribution in [0.25, 0.3) is 0 Å². The Balaban J connectivity index is 2.45. The van der Waals surface area contributed by atoms with Crippen LogP contribution in [0.5, 0.6) is 0 Å². The third-order valence-corrected chi connectivity index (χ3v) is 4.31. The summed E-state index contributed by atoms with van der Waals surface area (Å²) in [5.74, 6) is -0.920. The average molecular weight is 284 g/mol. The number of rotatable bonds is 3. The molecule has 0 heterocycles. The number of nitrogens with two attached hydrogens (primary N) is 1. The molecule has 1 aromatic rings. The van der Waals surface area contributed by atoms with Gasteiger partial charge in [-0.25, -0.2) is 0 Å². The van der Waals surface area contributed by atoms with Crippen LogP contribution in [-0.2, 0) is 10.2 Å². The van der Waals surface area contributed by atoms with E-state index in [0.717, 1.165) is 28.4 Å². The van der Waals surface area contributed by atoms with Crippen molar-refractivity contribution in [2.24, 2.45) is 5.73 Å². The van der Waals surface area contributed by atoms with Crippen molar-refractivity contribution in [3.63, 3.8) is 0 Å². The first-order valence-electron chi connectivity index (χ1n) is 5.23. The highest BCUT2D eigenvalue weighted by atomic mass is 79.9. The van der Waals surface area contributed by atoms with Crippen molar-refractivity contribution in [1.82, 2.24) is 0 Å². The zero-order valence-corrected chi connectivity index (χ0v) is 10.6. The van der Waals surface area contributed by atoms with E-state index < -0.39 is 12.0 Å². The topological polar surface area (TPSA) is 63.3 Å². The van der Waals surface area contributed by atoms with Gasteiger partial charge in [-0.15, -0.1) is 0 Å². The number of carbonyl (C=O) groups is 1. The van der Waals surface area contributed by atoms with Gasteiger partial charge in [0, 0.05) is 9.89 Å². The highest BCUT2D eigenvalue weighted by Gasteiger charge is 2.53. The second kappa shape index (κ2) is 3.86. The quantitative estimate of drug-likeness (QED) is 0.894. The van der Waals surface area contributed by atoms with E-state index in [9.17, 15) is 4.79 Å². The fourth-order valence-electron chi connectivity index (χ4n) is 2.27. The zero-order chi connectivity index (χ0) is 11.9. The molecule has 1 unspecified atom stereocenters. The summed E-state index contributed by atoms with van der Waals surface area (Å²) in [5.41, 5.74) is 7.61. The Hall–Kier alpha value is -0.870. The molecule has 1 aromatic carbocycles. The number of carboxylic acid groups (broad SMARTS) is 1. The van der Waals surface area contributed by atoms with Gasteiger partial charge in [0.15, 0.2) is 0 Å². The molecule has 3 nitrogen and oxygen atoms in total. The Morgan fingerprint density at radius 2 is 2.19 bits per heavy atom. The number of hydrogen-bond donors (Lipinski definition) is 2. The summed E-state index contributed by atoms with van der Waals surface area (Å²) in [4.78, 5) is 11.0. The standard InChI is InChI=1S/C12H14BrNO2/c1-7-8(3-2-4-9(7)13)12(5-6-12)10(14)11(15)16/h2-4,10H,5-6,14H2,1H3,(H,15,16). The number of carboxylic acids is 1. The molecule has 4 heteroatoms. The smallest absolute Gasteiger partial charge is 0.321 e. The van der Waals surface area contributed by atoms with E-state index in [2.05, 4.69) is 15.9 Å². The van der Waals surface area contributed by atoms with E-state index in [1.165, 1.54) is 0 Å². The molecule has 86 valence electrons. The van der Waals surface area contributed by atoms with Gasteiger partial charge in [0.25, 0.3) is 0 Å². The minimum absolute atomic E-state index is 0.348. The van der Waals surface area contributed by atoms with E-state index in [1.54, 1.807) is 0 Å². The number of hydrogen-bond acceptors (Lipinski definition) is 2. The van der Waals surface area contributed by atoms with Crippen LogP contribution in [0.2, 0.25) is 0 Å². The van der Waals surface area contributed by atoms with Gasteiger partial charge in [-0.2, -0.15) is 0 Å². The molecule has 3 N–H and O–H groups in total. The highest BCUT2D eigenvalue weighted by Crippen LogP contribution is 2.52. The maximum atomic E-state index is 11.0. The number of benzene rings is 1. The van der Waals surface area contributed by atoms with Gasteiger partial charge in [0.2, 0.25) is 0 Å². The zero-order valence-electron chi connectivity index (χ0n) is 9.03. The maximum absolute atomic E-state index is 11.0. The lowest BCUT2D eigenvalue weighted by Gasteiger charge is -2.22. The lowest BCUT2D eigenvalue weighted by Crippen LogP contribution is -2.42. The van der Waals surface area contributed by atoms with Gasteiger partial charge in [0.1, 0.15) is 6.04 Å². The molecule has 1 aliphatic rings. The van der Waals surface area contributed by atoms with Crippen LogP contribution in [0, 0.1) is 6.92 Å². The first-order valence-corrected chi connectivity index (χ1v) is 6.02. The summed E-state index contributed by atoms with van der Waals surface area (Å²) < 4.78 is 1.01. The summed E-state index contributed by atoms with van der Waals surface area (Å²) in [6.45, 7) is 1.99. The molecule has 0 bridgehead atoms. The first-order chi connectivity index (χ1) is 7.49. The van der Waals surface area contributed by atoms with E-state index in [1.807, 2.05) is 25.1 Å². The van der Waals surface area contributed by atoms with Crippen molar-refractivity contribution in [1.29, 1.82) is 0 Å². The summed E-state index contributed by atoms with van der Waals surface area (Å²) in [7, 11) is 0. The summed E-state index contributed by atoms with van der Waals surface area (Å²) in [5, 5.41) is 9.04. The molecule has 1 fully saturated rings. The van der Waals surface area contributed by atoms with E-state index >= 15 is 0 Å². The van der Waals surface area contributed by atoms with Crippen LogP contribution in [0.1, 0.15) is 24.0 Å². The SMILES string of the molecule is Cc1c(Br)cccc1C1(C(N)C(=O)O)CC1. The van der Waals surface area contributed by atoms with Crippen molar-refractivity contribution in [3.05, 3.63) is 33.8 Å². The van der Waals surface area contributed by atoms with E-state index in [0.29, 0.717) is 0 Å². The highest BCUT2D eigenvalue weighted by molar-refractivity contribution is 9.10. The molecule has 1 atom stereocenters. The van der Waals surface area contributed by atoms with Gasteiger partial charge in [0.05, 0.1) is 0 Å². The predicted octanol–water partition coefficient (Wildman–Crippen LogP) is 2.20. The number of aliphatic carboxylic acids is 1. The van der Waals surface area contributed by atoms with Crippen molar-refractivity contribution >= 4 is 21.9 Å². The Kier molecular flexibility index (Phi) is 2.80. The van der Waals surface area contributed by atoms with Crippen LogP contribution in [-0.4, -0.2) is 17.1 Å². The Morgan fingerprint density at radius 1 is 1.56 bits per heavy atom. The third kappa shape index (κ3) is 1.66. The fourth-order valence-corrected chi connectivity index (χ4v) is 2.63.